The van der Waals surface area contributed by atoms with Gasteiger partial charge in [0.2, 0.25) is 0 Å². The summed E-state index contributed by atoms with van der Waals surface area (Å²) < 4.78 is 26.9. The van der Waals surface area contributed by atoms with Gasteiger partial charge in [-0.05, 0) is 26.0 Å². The lowest BCUT2D eigenvalue weighted by atomic mass is 10.4. The lowest BCUT2D eigenvalue weighted by Gasteiger charge is -2.10. The van der Waals surface area contributed by atoms with Gasteiger partial charge in [0.1, 0.15) is 20.2 Å². The van der Waals surface area contributed by atoms with Gasteiger partial charge in [0, 0.05) is 11.1 Å². The molecule has 0 saturated heterocycles. The summed E-state index contributed by atoms with van der Waals surface area (Å²) in [7, 11) is -3.60. The summed E-state index contributed by atoms with van der Waals surface area (Å²) in [6.45, 7) is 3.66. The smallest absolute Gasteiger partial charge is 0.248 e. The fourth-order valence-corrected chi connectivity index (χ4v) is 4.62. The van der Waals surface area contributed by atoms with Gasteiger partial charge in [-0.15, -0.1) is 22.7 Å². The van der Waals surface area contributed by atoms with Crippen LogP contribution in [0.4, 0.5) is 0 Å². The molecule has 0 aromatic carbocycles. The third kappa shape index (κ3) is 3.19. The maximum Gasteiger partial charge on any atom is 0.250 e. The third-order valence-corrected chi connectivity index (χ3v) is 6.42. The van der Waals surface area contributed by atoms with Gasteiger partial charge in [0.25, 0.3) is 10.0 Å². The fourth-order valence-electron chi connectivity index (χ4n) is 1.44. The average molecular weight is 313 g/mol. The molecule has 1 atom stereocenters. The molecule has 0 fully saturated rings. The minimum atomic E-state index is -3.60. The molecule has 0 spiro atoms. The number of nitriles is 1. The maximum atomic E-state index is 12.1. The summed E-state index contributed by atoms with van der Waals surface area (Å²) >= 11 is 2.41. The first-order valence-electron chi connectivity index (χ1n) is 5.37. The normalized spacial score (nSPS) is 13.1. The van der Waals surface area contributed by atoms with E-state index in [-0.39, 0.29) is 4.21 Å². The number of hydrogen-bond acceptors (Lipinski definition) is 6. The molecule has 0 radical (unpaired) electrons. The van der Waals surface area contributed by atoms with Crippen molar-refractivity contribution in [2.24, 2.45) is 0 Å². The van der Waals surface area contributed by atoms with Crippen LogP contribution in [0.3, 0.4) is 0 Å². The van der Waals surface area contributed by atoms with Crippen molar-refractivity contribution in [3.63, 3.8) is 0 Å². The number of thiophene rings is 1. The van der Waals surface area contributed by atoms with Crippen molar-refractivity contribution >= 4 is 32.7 Å². The number of nitrogens with one attached hydrogen (secondary N) is 1. The molecule has 0 amide bonds. The molecule has 2 aromatic rings. The molecule has 0 bridgehead atoms. The molecule has 0 saturated carbocycles. The van der Waals surface area contributed by atoms with Gasteiger partial charge in [-0.3, -0.25) is 0 Å². The molecule has 0 aliphatic rings. The number of thiazole rings is 1. The zero-order valence-corrected chi connectivity index (χ0v) is 12.7. The minimum absolute atomic E-state index is 0.143. The van der Waals surface area contributed by atoms with Crippen LogP contribution in [-0.4, -0.2) is 13.4 Å². The summed E-state index contributed by atoms with van der Waals surface area (Å²) in [5.41, 5.74) is 0. The number of aryl methyl sites for hydroxylation is 1. The molecule has 100 valence electrons. The van der Waals surface area contributed by atoms with Crippen LogP contribution in [0.15, 0.2) is 22.5 Å². The average Bonchev–Trinajstić information content (AvgIpc) is 2.96. The Hall–Kier alpha value is -1.27. The van der Waals surface area contributed by atoms with E-state index >= 15 is 0 Å². The standard InChI is InChI=1S/C11H11N3O2S3/c1-7-6-13-11(17-7)8(2)14-19(15,16)10-4-3-9(5-12)18-10/h3-4,6,8,14H,1-2H3. The van der Waals surface area contributed by atoms with Gasteiger partial charge in [-0.2, -0.15) is 5.26 Å². The predicted molar refractivity (Wildman–Crippen MR) is 74.6 cm³/mol. The van der Waals surface area contributed by atoms with Crippen molar-refractivity contribution in [3.8, 4) is 6.07 Å². The van der Waals surface area contributed by atoms with Crippen molar-refractivity contribution in [3.05, 3.63) is 33.1 Å². The molecule has 1 N–H and O–H groups in total. The highest BCUT2D eigenvalue weighted by Gasteiger charge is 2.21. The van der Waals surface area contributed by atoms with Crippen molar-refractivity contribution in [1.82, 2.24) is 9.71 Å². The van der Waals surface area contributed by atoms with E-state index in [1.807, 2.05) is 13.0 Å². The summed E-state index contributed by atoms with van der Waals surface area (Å²) in [6, 6.07) is 4.46. The van der Waals surface area contributed by atoms with Gasteiger partial charge in [0.15, 0.2) is 0 Å². The first-order valence-corrected chi connectivity index (χ1v) is 8.48. The largest absolute Gasteiger partial charge is 0.250 e. The number of hydrogen-bond donors (Lipinski definition) is 1. The van der Waals surface area contributed by atoms with E-state index in [1.54, 1.807) is 13.1 Å². The van der Waals surface area contributed by atoms with E-state index in [9.17, 15) is 8.42 Å². The van der Waals surface area contributed by atoms with Crippen LogP contribution in [0.2, 0.25) is 0 Å². The highest BCUT2D eigenvalue weighted by Crippen LogP contribution is 2.24. The van der Waals surface area contributed by atoms with Crippen LogP contribution in [0, 0.1) is 18.3 Å². The van der Waals surface area contributed by atoms with Crippen molar-refractivity contribution in [2.75, 3.05) is 0 Å². The molecule has 2 rings (SSSR count). The number of rotatable bonds is 4. The Kier molecular flexibility index (Phi) is 4.01. The van der Waals surface area contributed by atoms with E-state index in [1.165, 1.54) is 23.5 Å². The Morgan fingerprint density at radius 3 is 2.68 bits per heavy atom. The second kappa shape index (κ2) is 5.38. The predicted octanol–water partition coefficient (Wildman–Crippen LogP) is 2.42. The second-order valence-corrected chi connectivity index (χ2v) is 8.17. The quantitative estimate of drug-likeness (QED) is 0.939. The minimum Gasteiger partial charge on any atom is -0.248 e. The van der Waals surface area contributed by atoms with Gasteiger partial charge < -0.3 is 0 Å². The zero-order valence-electron chi connectivity index (χ0n) is 10.2. The van der Waals surface area contributed by atoms with E-state index in [0.717, 1.165) is 21.2 Å². The van der Waals surface area contributed by atoms with Gasteiger partial charge in [-0.1, -0.05) is 0 Å². The van der Waals surface area contributed by atoms with Gasteiger partial charge in [0.05, 0.1) is 6.04 Å². The van der Waals surface area contributed by atoms with Crippen LogP contribution >= 0.6 is 22.7 Å². The van der Waals surface area contributed by atoms with Crippen LogP contribution < -0.4 is 4.72 Å². The van der Waals surface area contributed by atoms with Crippen LogP contribution in [0.25, 0.3) is 0 Å². The van der Waals surface area contributed by atoms with E-state index in [4.69, 9.17) is 5.26 Å². The molecular weight excluding hydrogens is 302 g/mol. The van der Waals surface area contributed by atoms with E-state index in [0.29, 0.717) is 4.88 Å². The molecule has 8 heteroatoms. The zero-order chi connectivity index (χ0) is 14.0. The van der Waals surface area contributed by atoms with Gasteiger partial charge >= 0.3 is 0 Å². The van der Waals surface area contributed by atoms with Crippen LogP contribution in [0.5, 0.6) is 0 Å². The SMILES string of the molecule is Cc1cnc(C(C)NS(=O)(=O)c2ccc(C#N)s2)s1. The van der Waals surface area contributed by atoms with Crippen molar-refractivity contribution in [1.29, 1.82) is 5.26 Å². The lowest BCUT2D eigenvalue weighted by molar-refractivity contribution is 0.568. The van der Waals surface area contributed by atoms with Crippen LogP contribution in [-0.2, 0) is 10.0 Å². The molecule has 2 heterocycles. The second-order valence-electron chi connectivity index (χ2n) is 3.88. The summed E-state index contributed by atoms with van der Waals surface area (Å²) in [6.07, 6.45) is 1.71. The Bertz CT molecular complexity index is 724. The Balaban J connectivity index is 2.20. The number of aromatic nitrogens is 1. The summed E-state index contributed by atoms with van der Waals surface area (Å²) in [4.78, 5) is 5.56. The highest BCUT2D eigenvalue weighted by molar-refractivity contribution is 7.91. The van der Waals surface area contributed by atoms with E-state index < -0.39 is 16.1 Å². The first kappa shape index (κ1) is 14.1. The third-order valence-electron chi connectivity index (χ3n) is 2.30. The fraction of sp³-hybridized carbons (Fsp3) is 0.273. The molecule has 2 aromatic heterocycles. The topological polar surface area (TPSA) is 82.8 Å². The van der Waals surface area contributed by atoms with Gasteiger partial charge in [-0.25, -0.2) is 18.1 Å². The Morgan fingerprint density at radius 1 is 1.42 bits per heavy atom. The monoisotopic (exact) mass is 313 g/mol. The molecule has 0 aliphatic carbocycles. The lowest BCUT2D eigenvalue weighted by Crippen LogP contribution is -2.26. The first-order chi connectivity index (χ1) is 8.92. The number of sulfonamides is 1. The molecule has 19 heavy (non-hydrogen) atoms. The number of nitrogens with zero attached hydrogens (tertiary/aromatic N) is 2. The molecule has 0 aliphatic heterocycles. The van der Waals surface area contributed by atoms with Crippen LogP contribution in [0.1, 0.15) is 27.7 Å². The Morgan fingerprint density at radius 2 is 2.16 bits per heavy atom. The van der Waals surface area contributed by atoms with Crippen molar-refractivity contribution in [2.45, 2.75) is 24.1 Å². The Labute approximate surface area is 119 Å². The molecule has 5 nitrogen and oxygen atoms in total. The molecular formula is C11H11N3O2S3. The van der Waals surface area contributed by atoms with E-state index in [2.05, 4.69) is 9.71 Å². The highest BCUT2D eigenvalue weighted by atomic mass is 32.2. The summed E-state index contributed by atoms with van der Waals surface area (Å²) in [5.74, 6) is 0. The summed E-state index contributed by atoms with van der Waals surface area (Å²) in [5, 5.41) is 9.44. The molecule has 1 unspecified atom stereocenters. The van der Waals surface area contributed by atoms with Crippen molar-refractivity contribution < 1.29 is 8.42 Å². The maximum absolute atomic E-state index is 12.1.